The number of carbonyl (C=O) groups is 6. The summed E-state index contributed by atoms with van der Waals surface area (Å²) < 4.78 is 38.9. The van der Waals surface area contributed by atoms with Crippen molar-refractivity contribution in [1.29, 1.82) is 0 Å². The van der Waals surface area contributed by atoms with Gasteiger partial charge in [-0.15, -0.1) is 0 Å². The van der Waals surface area contributed by atoms with Crippen LogP contribution >= 0.6 is 0 Å². The summed E-state index contributed by atoms with van der Waals surface area (Å²) in [6, 6.07) is 24.1. The van der Waals surface area contributed by atoms with Crippen LogP contribution < -0.4 is 11.1 Å². The van der Waals surface area contributed by atoms with E-state index in [0.717, 1.165) is 11.8 Å². The van der Waals surface area contributed by atoms with Gasteiger partial charge in [0, 0.05) is 39.0 Å². The molecule has 5 rings (SSSR count). The molecule has 0 spiro atoms. The summed E-state index contributed by atoms with van der Waals surface area (Å²) in [6.07, 6.45) is 3.30. The Morgan fingerprint density at radius 1 is 0.787 bits per heavy atom. The highest BCUT2D eigenvalue weighted by Crippen LogP contribution is 2.26. The number of nitrogens with one attached hydrogen (secondary N) is 1. The second-order valence-electron chi connectivity index (χ2n) is 15.1. The molecule has 3 aromatic carbocycles. The Bertz CT molecular complexity index is 2110. The number of carbonyl (C=O) groups excluding carboxylic acids is 6. The van der Waals surface area contributed by atoms with Crippen LogP contribution in [-0.2, 0) is 45.1 Å². The molecule has 61 heavy (non-hydrogen) atoms. The third kappa shape index (κ3) is 14.1. The van der Waals surface area contributed by atoms with E-state index in [4.69, 9.17) is 15.2 Å². The molecule has 0 bridgehead atoms. The van der Waals surface area contributed by atoms with Gasteiger partial charge < -0.3 is 25.0 Å². The first-order chi connectivity index (χ1) is 29.3. The molecule has 16 nitrogen and oxygen atoms in total. The number of likely N-dealkylation sites (tertiary alicyclic amines) is 2. The predicted octanol–water partition coefficient (Wildman–Crippen LogP) is 3.32. The lowest BCUT2D eigenvalue weighted by Crippen LogP contribution is -2.56. The van der Waals surface area contributed by atoms with E-state index in [1.165, 1.54) is 9.21 Å². The summed E-state index contributed by atoms with van der Waals surface area (Å²) in [4.78, 5) is 84.8. The number of esters is 2. The Morgan fingerprint density at radius 2 is 1.33 bits per heavy atom. The molecular weight excluding hydrogens is 805 g/mol. The van der Waals surface area contributed by atoms with Crippen LogP contribution in [0.4, 0.5) is 0 Å². The van der Waals surface area contributed by atoms with Crippen molar-refractivity contribution in [3.63, 3.8) is 0 Å². The average Bonchev–Trinajstić information content (AvgIpc) is 3.76. The van der Waals surface area contributed by atoms with Gasteiger partial charge in [0.2, 0.25) is 39.6 Å². The van der Waals surface area contributed by atoms with Gasteiger partial charge in [-0.1, -0.05) is 66.7 Å². The molecule has 2 aliphatic rings. The third-order valence-electron chi connectivity index (χ3n) is 10.6. The molecule has 0 aliphatic carbocycles. The Kier molecular flexibility index (Phi) is 17.1. The minimum atomic E-state index is -3.95. The summed E-state index contributed by atoms with van der Waals surface area (Å²) >= 11 is 0. The quantitative estimate of drug-likeness (QED) is 0.0819. The number of nitrogens with two attached hydrogens (primary N) is 1. The summed E-state index contributed by atoms with van der Waals surface area (Å²) in [5.74, 6) is -3.33. The molecule has 3 N–H and O–H groups in total. The minimum absolute atomic E-state index is 0.00873. The van der Waals surface area contributed by atoms with Crippen molar-refractivity contribution >= 4 is 51.6 Å². The van der Waals surface area contributed by atoms with Crippen LogP contribution in [0.3, 0.4) is 0 Å². The van der Waals surface area contributed by atoms with E-state index in [9.17, 15) is 37.2 Å². The maximum Gasteiger partial charge on any atom is 0.338 e. The number of primary amides is 1. The molecule has 17 heteroatoms. The molecule has 2 fully saturated rings. The van der Waals surface area contributed by atoms with E-state index in [-0.39, 0.29) is 70.3 Å². The Hall–Kier alpha value is -5.94. The van der Waals surface area contributed by atoms with Gasteiger partial charge in [0.05, 0.1) is 30.6 Å². The summed E-state index contributed by atoms with van der Waals surface area (Å²) in [6.45, 7) is 0.876. The van der Waals surface area contributed by atoms with Crippen molar-refractivity contribution in [3.8, 4) is 0 Å². The molecule has 4 amide bonds. The van der Waals surface area contributed by atoms with Crippen LogP contribution in [0.2, 0.25) is 0 Å². The molecule has 326 valence electrons. The SMILES string of the molecule is CS(=O)(=O)N(CC1CCN(C(=NC(=O)CCCOC(=O)c2ccccc2)NC(=O)CCCOC(=O)c2ccccc2)CC1)[C@H](Cc1ccccc1)C(=O)N1CCC[C@H]1C(N)=O. The van der Waals surface area contributed by atoms with Gasteiger partial charge in [0.1, 0.15) is 12.1 Å². The van der Waals surface area contributed by atoms with Gasteiger partial charge in [-0.3, -0.25) is 24.5 Å². The molecule has 0 radical (unpaired) electrons. The molecule has 3 aromatic rings. The van der Waals surface area contributed by atoms with Gasteiger partial charge >= 0.3 is 11.9 Å². The number of hydrogen-bond acceptors (Lipinski definition) is 10. The number of aliphatic imine (C=N–C) groups is 1. The van der Waals surface area contributed by atoms with Crippen LogP contribution in [0.15, 0.2) is 96.0 Å². The van der Waals surface area contributed by atoms with Crippen molar-refractivity contribution in [2.75, 3.05) is 45.6 Å². The largest absolute Gasteiger partial charge is 0.462 e. The maximum atomic E-state index is 14.2. The van der Waals surface area contributed by atoms with Crippen molar-refractivity contribution in [2.24, 2.45) is 16.6 Å². The van der Waals surface area contributed by atoms with Crippen molar-refractivity contribution in [2.45, 2.75) is 69.9 Å². The lowest BCUT2D eigenvalue weighted by molar-refractivity contribution is -0.140. The number of sulfonamides is 1. The fourth-order valence-corrected chi connectivity index (χ4v) is 8.49. The Balaban J connectivity index is 1.24. The van der Waals surface area contributed by atoms with Gasteiger partial charge in [-0.2, -0.15) is 9.30 Å². The summed E-state index contributed by atoms with van der Waals surface area (Å²) in [5.41, 5.74) is 7.18. The number of piperidine rings is 1. The van der Waals surface area contributed by atoms with Crippen LogP contribution in [0.1, 0.15) is 77.6 Å². The Morgan fingerprint density at radius 3 is 1.87 bits per heavy atom. The molecule has 2 aliphatic heterocycles. The number of rotatable bonds is 18. The molecule has 2 atom stereocenters. The standard InChI is InChI=1S/C44H54N6O10S/c1-61(57,58)50(37(30-32-14-5-2-6-15-32)41(54)49-25-11-20-36(49)40(45)53)31-33-23-26-48(27-24-33)44(46-38(51)21-12-28-59-42(55)34-16-7-3-8-17-34)47-39(52)22-13-29-60-43(56)35-18-9-4-10-19-35/h2-10,14-19,33,36-37H,11-13,20-31H2,1H3,(H2,45,53)(H,46,47,51,52)/t36-,37+/m0/s1. The van der Waals surface area contributed by atoms with Crippen molar-refractivity contribution in [3.05, 3.63) is 108 Å². The van der Waals surface area contributed by atoms with Crippen LogP contribution in [0.5, 0.6) is 0 Å². The first-order valence-corrected chi connectivity index (χ1v) is 22.4. The zero-order valence-electron chi connectivity index (χ0n) is 34.4. The number of guanidine groups is 1. The van der Waals surface area contributed by atoms with Crippen LogP contribution in [0.25, 0.3) is 0 Å². The predicted molar refractivity (Wildman–Crippen MR) is 226 cm³/mol. The highest BCUT2D eigenvalue weighted by Gasteiger charge is 2.42. The number of hydrogen-bond donors (Lipinski definition) is 2. The monoisotopic (exact) mass is 858 g/mol. The molecule has 0 unspecified atom stereocenters. The van der Waals surface area contributed by atoms with Crippen LogP contribution in [-0.4, -0.2) is 122 Å². The first-order valence-electron chi connectivity index (χ1n) is 20.5. The van der Waals surface area contributed by atoms with E-state index in [2.05, 4.69) is 10.3 Å². The minimum Gasteiger partial charge on any atom is -0.462 e. The van der Waals surface area contributed by atoms with E-state index in [1.807, 2.05) is 30.3 Å². The smallest absolute Gasteiger partial charge is 0.338 e. The van der Waals surface area contributed by atoms with E-state index in [0.29, 0.717) is 49.9 Å². The molecule has 0 aromatic heterocycles. The molecular formula is C44H54N6O10S. The van der Waals surface area contributed by atoms with E-state index < -0.39 is 57.7 Å². The third-order valence-corrected chi connectivity index (χ3v) is 11.9. The number of ether oxygens (including phenoxy) is 2. The maximum absolute atomic E-state index is 14.2. The van der Waals surface area contributed by atoms with E-state index >= 15 is 0 Å². The average molecular weight is 859 g/mol. The topological polar surface area (TPSA) is 215 Å². The second kappa shape index (κ2) is 22.6. The summed E-state index contributed by atoms with van der Waals surface area (Å²) in [5, 5.41) is 2.75. The summed E-state index contributed by atoms with van der Waals surface area (Å²) in [7, 11) is -3.95. The first kappa shape index (κ1) is 46.1. The van der Waals surface area contributed by atoms with Crippen molar-refractivity contribution in [1.82, 2.24) is 19.4 Å². The fourth-order valence-electron chi connectivity index (χ4n) is 7.38. The Labute approximate surface area is 356 Å². The lowest BCUT2D eigenvalue weighted by atomic mass is 9.95. The van der Waals surface area contributed by atoms with E-state index in [1.54, 1.807) is 65.6 Å². The van der Waals surface area contributed by atoms with Gasteiger partial charge in [0.25, 0.3) is 0 Å². The number of amides is 4. The zero-order chi connectivity index (χ0) is 43.8. The second-order valence-corrected chi connectivity index (χ2v) is 17.1. The molecule has 0 saturated carbocycles. The van der Waals surface area contributed by atoms with Gasteiger partial charge in [-0.25, -0.2) is 18.0 Å². The highest BCUT2D eigenvalue weighted by atomic mass is 32.2. The zero-order valence-corrected chi connectivity index (χ0v) is 35.2. The van der Waals surface area contributed by atoms with Crippen molar-refractivity contribution < 1.29 is 46.7 Å². The highest BCUT2D eigenvalue weighted by molar-refractivity contribution is 7.88. The fraction of sp³-hybridized carbons (Fsp3) is 0.432. The number of benzene rings is 3. The van der Waals surface area contributed by atoms with Gasteiger partial charge in [-0.05, 0) is 80.7 Å². The molecule has 2 saturated heterocycles. The number of nitrogens with zero attached hydrogens (tertiary/aromatic N) is 4. The van der Waals surface area contributed by atoms with Gasteiger partial charge in [0.15, 0.2) is 0 Å². The normalized spacial score (nSPS) is 16.5. The van der Waals surface area contributed by atoms with Crippen LogP contribution in [0, 0.1) is 5.92 Å². The lowest BCUT2D eigenvalue weighted by Gasteiger charge is -2.38. The molecule has 2 heterocycles.